The number of carbonyl (C=O) groups is 13. The summed E-state index contributed by atoms with van der Waals surface area (Å²) in [6.45, 7) is 17.8. The lowest BCUT2D eigenvalue weighted by molar-refractivity contribution is -0.148. The molecule has 2 aliphatic rings. The molecule has 7 aromatic rings. The van der Waals surface area contributed by atoms with Crippen LogP contribution in [0.2, 0.25) is 0 Å². The Morgan fingerprint density at radius 2 is 1.29 bits per heavy atom. The average Bonchev–Trinajstić information content (AvgIpc) is 1.61. The highest BCUT2D eigenvalue weighted by molar-refractivity contribution is 7.09. The molecule has 1 saturated heterocycles. The number of fused-ring (bicyclic) bond motifs is 4. The third kappa shape index (κ3) is 31.3. The highest BCUT2D eigenvalue weighted by atomic mass is 32.1. The maximum atomic E-state index is 15.0. The SMILES string of the molecule is CC[C@H](C)[C@@H]([C@@H](CC(=O)N1CCC[C@H]1[C@H](OC)[C@@H](C)C(=O)N[C@@H](Cc1ccccc1)c1nccs1)OC)N(C)C(=O)[C@@H](NC(=O)[C@H](C(C)C)N(C)C(=O)OCc1ccc(CC(=O)[C@H](CCCNC(N)=O)NC(=O)[C@@H](CC(=O)CCOCCOCCCC(=O)[C@H](CCC(=O)O)NC(=O)CCn2c(CN(C)N(C)C(=O)OCC3c4ccccc4-c4ccccc43)cc3cccnc32)C(C)C)cc1)C(C)C. The van der Waals surface area contributed by atoms with Crippen LogP contribution in [-0.4, -0.2) is 258 Å². The molecule has 8 N–H and O–H groups in total. The highest BCUT2D eigenvalue weighted by Gasteiger charge is 2.45. The van der Waals surface area contributed by atoms with Crippen LogP contribution in [0, 0.1) is 35.5 Å². The van der Waals surface area contributed by atoms with E-state index in [-0.39, 0.29) is 183 Å². The number of nitrogens with zero attached hydrogens (tertiary/aromatic N) is 8. The number of ketones is 3. The van der Waals surface area contributed by atoms with Crippen LogP contribution < -0.4 is 32.3 Å². The van der Waals surface area contributed by atoms with Gasteiger partial charge < -0.3 is 80.2 Å². The number of aliphatic carboxylic acids is 1. The molecule has 34 nitrogen and oxygen atoms in total. The maximum absolute atomic E-state index is 15.0. The number of rotatable bonds is 58. The third-order valence-corrected chi connectivity index (χ3v) is 27.1. The van der Waals surface area contributed by atoms with E-state index in [1.165, 1.54) is 35.4 Å². The van der Waals surface area contributed by atoms with Crippen molar-refractivity contribution in [3.8, 4) is 11.1 Å². The number of benzene rings is 4. The smallest absolute Gasteiger partial charge is 0.424 e. The van der Waals surface area contributed by atoms with Gasteiger partial charge in [0.25, 0.3) is 0 Å². The van der Waals surface area contributed by atoms with Crippen LogP contribution >= 0.6 is 11.3 Å². The number of carboxylic acids is 1. The summed E-state index contributed by atoms with van der Waals surface area (Å²) < 4.78 is 37.3. The van der Waals surface area contributed by atoms with Crippen LogP contribution in [0.15, 0.2) is 139 Å². The molecular weight excluding hydrogens is 1790 g/mol. The first-order valence-electron chi connectivity index (χ1n) is 48.0. The Bertz CT molecular complexity index is 5150. The number of Topliss-reactive ketones (excluding diaryl/α,β-unsaturated/α-hetero) is 3. The summed E-state index contributed by atoms with van der Waals surface area (Å²) in [5.74, 6) is -7.55. The van der Waals surface area contributed by atoms with Gasteiger partial charge in [-0.25, -0.2) is 34.4 Å². The average molecular weight is 1930 g/mol. The topological polar surface area (TPSA) is 431 Å². The number of primary amides is 1. The summed E-state index contributed by atoms with van der Waals surface area (Å²) >= 11 is 1.46. The van der Waals surface area contributed by atoms with E-state index in [2.05, 4.69) is 60.8 Å². The number of carbonyl (C=O) groups excluding carboxylic acids is 12. The number of aryl methyl sites for hydroxylation is 1. The minimum absolute atomic E-state index is 0.0178. The fraction of sp³-hybridized carbons (Fsp3) is 0.544. The molecule has 4 heterocycles. The van der Waals surface area contributed by atoms with Gasteiger partial charge in [-0.3, -0.25) is 52.8 Å². The van der Waals surface area contributed by atoms with Gasteiger partial charge >= 0.3 is 24.2 Å². The predicted octanol–water partition coefficient (Wildman–Crippen LogP) is 12.0. The van der Waals surface area contributed by atoms with Gasteiger partial charge in [-0.1, -0.05) is 172 Å². The number of methoxy groups -OCH3 is 2. The number of hydrogen-bond donors (Lipinski definition) is 7. The molecule has 35 heteroatoms. The molecule has 750 valence electrons. The van der Waals surface area contributed by atoms with E-state index in [0.717, 1.165) is 43.9 Å². The van der Waals surface area contributed by atoms with Crippen LogP contribution in [0.4, 0.5) is 14.4 Å². The van der Waals surface area contributed by atoms with Crippen LogP contribution in [0.5, 0.6) is 0 Å². The van der Waals surface area contributed by atoms with E-state index in [9.17, 15) is 67.4 Å². The molecular formula is C103H142N14O20S. The van der Waals surface area contributed by atoms with Crippen molar-refractivity contribution in [1.29, 1.82) is 0 Å². The van der Waals surface area contributed by atoms with Gasteiger partial charge in [0.1, 0.15) is 41.7 Å². The summed E-state index contributed by atoms with van der Waals surface area (Å²) in [6, 6.07) is 31.9. The molecule has 9 rings (SSSR count). The predicted molar refractivity (Wildman–Crippen MR) is 522 cm³/mol. The maximum Gasteiger partial charge on any atom is 0.424 e. The molecule has 0 saturated carbocycles. The Hall–Kier alpha value is -11.9. The fourth-order valence-electron chi connectivity index (χ4n) is 18.3. The van der Waals surface area contributed by atoms with Crippen molar-refractivity contribution in [2.75, 3.05) is 88.5 Å². The molecule has 10 amide bonds. The molecule has 0 bridgehead atoms. The standard InChI is InChI=1S/C103H142N14O20S/c1-16-67(8)93(87(132-14)60-89(122)117-49-26-36-84(117)94(133-15)68(9)96(125)110-83(99-106-48-55-138-99)56-69-28-18-17-19-29-69)113(11)100(128)91(65(4)5)111-98(127)92(66(6)7)114(12)102(130)136-62-71-40-38-70(39-41-71)57-86(120)81(35-25-47-107-101(104)129)109-97(126)79(64(2)3)59-74(118)45-52-135-54-53-134-51-27-37-85(119)82(42-43-90(123)124)108-88(121)44-50-116-73(58-72-30-24-46-105-95(72)116)61-112(10)115(13)103(131)137-63-80-77-33-22-20-31-75(77)76-32-21-23-34-78(76)80/h17-24,28-34,38-41,46,48,55,58,64-68,79-84,87,91-94H,16,25-27,35-37,42-45,47,49-54,56-57,59-63H2,1-15H3,(H,108,121)(H,109,126)(H,110,125)(H,111,127)(H,123,124)(H3,104,107,129)/t67-,68+,79-,81-,82-,83-,84-,87+,91-,92-,93-,94+/m0/s1. The summed E-state index contributed by atoms with van der Waals surface area (Å²) in [5, 5.41) is 30.5. The fourth-order valence-corrected chi connectivity index (χ4v) is 19.0. The number of amides is 10. The van der Waals surface area contributed by atoms with E-state index >= 15 is 0 Å². The molecule has 12 atom stereocenters. The Balaban J connectivity index is 0.694. The van der Waals surface area contributed by atoms with Crippen LogP contribution in [-0.2, 0) is 109 Å². The van der Waals surface area contributed by atoms with E-state index in [0.29, 0.717) is 49.0 Å². The second-order valence-electron chi connectivity index (χ2n) is 37.0. The number of thiazole rings is 1. The van der Waals surface area contributed by atoms with Crippen molar-refractivity contribution >= 4 is 99.3 Å². The highest BCUT2D eigenvalue weighted by Crippen LogP contribution is 2.45. The molecule has 0 radical (unpaired) electrons. The molecule has 4 aromatic carbocycles. The molecule has 1 fully saturated rings. The van der Waals surface area contributed by atoms with Crippen LogP contribution in [0.25, 0.3) is 22.2 Å². The lowest BCUT2D eigenvalue weighted by atomic mass is 9.88. The van der Waals surface area contributed by atoms with Gasteiger partial charge in [-0.15, -0.1) is 11.3 Å². The van der Waals surface area contributed by atoms with Gasteiger partial charge in [0, 0.05) is 148 Å². The first kappa shape index (κ1) is 110. The number of carboxylic acid groups (broad SMARTS) is 1. The van der Waals surface area contributed by atoms with Gasteiger partial charge in [0.2, 0.25) is 35.4 Å². The zero-order valence-electron chi connectivity index (χ0n) is 82.5. The zero-order valence-corrected chi connectivity index (χ0v) is 83.3. The third-order valence-electron chi connectivity index (χ3n) is 26.3. The summed E-state index contributed by atoms with van der Waals surface area (Å²) in [5.41, 5.74) is 13.3. The van der Waals surface area contributed by atoms with Gasteiger partial charge in [0.05, 0.1) is 81.1 Å². The first-order chi connectivity index (χ1) is 66.0. The Morgan fingerprint density at radius 3 is 1.92 bits per heavy atom. The first-order valence-corrected chi connectivity index (χ1v) is 48.9. The number of pyridine rings is 1. The molecule has 0 spiro atoms. The number of hydrazine groups is 1. The summed E-state index contributed by atoms with van der Waals surface area (Å²) in [4.78, 5) is 192. The van der Waals surface area contributed by atoms with Gasteiger partial charge in [-0.2, -0.15) is 0 Å². The molecule has 0 unspecified atom stereocenters. The van der Waals surface area contributed by atoms with Crippen LogP contribution in [0.3, 0.4) is 0 Å². The van der Waals surface area contributed by atoms with Crippen molar-refractivity contribution in [2.45, 2.75) is 239 Å². The minimum atomic E-state index is -1.13. The summed E-state index contributed by atoms with van der Waals surface area (Å²) in [7, 11) is 9.53. The number of likely N-dealkylation sites (tertiary alicyclic amines) is 1. The van der Waals surface area contributed by atoms with E-state index in [1.54, 1.807) is 113 Å². The van der Waals surface area contributed by atoms with Crippen molar-refractivity contribution in [3.05, 3.63) is 178 Å². The lowest BCUT2D eigenvalue weighted by Crippen LogP contribution is -2.60. The lowest BCUT2D eigenvalue weighted by Gasteiger charge is -2.41. The van der Waals surface area contributed by atoms with E-state index < -0.39 is 120 Å². The van der Waals surface area contributed by atoms with Crippen molar-refractivity contribution < 1.29 is 95.9 Å². The number of urea groups is 1. The van der Waals surface area contributed by atoms with Crippen molar-refractivity contribution in [1.82, 2.24) is 65.8 Å². The molecule has 3 aromatic heterocycles. The van der Waals surface area contributed by atoms with Crippen molar-refractivity contribution in [2.24, 2.45) is 41.2 Å². The summed E-state index contributed by atoms with van der Waals surface area (Å²) in [6.07, 6.45) is 2.68. The second-order valence-corrected chi connectivity index (χ2v) is 38.0. The second kappa shape index (κ2) is 54.5. The number of ether oxygens (including phenoxy) is 6. The number of aromatic nitrogens is 3. The van der Waals surface area contributed by atoms with E-state index in [4.69, 9.17) is 34.2 Å². The largest absolute Gasteiger partial charge is 0.481 e. The number of hydrogen-bond acceptors (Lipinski definition) is 23. The van der Waals surface area contributed by atoms with Crippen molar-refractivity contribution in [3.63, 3.8) is 0 Å². The quantitative estimate of drug-likeness (QED) is 0.0137. The molecule has 1 aliphatic heterocycles. The number of nitrogens with two attached hydrogens (primary N) is 1. The number of likely N-dealkylation sites (N-methyl/N-ethyl adjacent to an activating group) is 2. The Morgan fingerprint density at radius 1 is 0.623 bits per heavy atom. The van der Waals surface area contributed by atoms with Crippen LogP contribution in [0.1, 0.15) is 196 Å². The van der Waals surface area contributed by atoms with Gasteiger partial charge in [0.15, 0.2) is 11.6 Å². The zero-order chi connectivity index (χ0) is 100. The van der Waals surface area contributed by atoms with E-state index in [1.807, 2.05) is 111 Å². The molecule has 138 heavy (non-hydrogen) atoms. The molecule has 1 aliphatic carbocycles. The normalized spacial score (nSPS) is 15.4. The number of nitrogens with one attached hydrogen (secondary N) is 5. The Labute approximate surface area is 814 Å². The minimum Gasteiger partial charge on any atom is -0.481 e. The monoisotopic (exact) mass is 1930 g/mol. The van der Waals surface area contributed by atoms with Gasteiger partial charge in [-0.05, 0) is 126 Å². The Kier molecular flexibility index (Phi) is 43.3.